The average molecular weight is 316 g/mol. The molecule has 122 valence electrons. The van der Waals surface area contributed by atoms with Gasteiger partial charge >= 0.3 is 5.97 Å². The van der Waals surface area contributed by atoms with E-state index in [1.807, 2.05) is 6.92 Å². The second kappa shape index (κ2) is 9.26. The molecule has 1 amide bonds. The van der Waals surface area contributed by atoms with Crippen molar-refractivity contribution in [2.45, 2.75) is 26.9 Å². The minimum Gasteiger partial charge on any atom is -0.494 e. The third kappa shape index (κ3) is 5.83. The van der Waals surface area contributed by atoms with Crippen molar-refractivity contribution in [3.05, 3.63) is 35.4 Å². The van der Waals surface area contributed by atoms with Gasteiger partial charge in [-0.2, -0.15) is 5.26 Å². The highest BCUT2D eigenvalue weighted by atomic mass is 16.5. The van der Waals surface area contributed by atoms with Gasteiger partial charge in [0.25, 0.3) is 5.91 Å². The summed E-state index contributed by atoms with van der Waals surface area (Å²) in [4.78, 5) is 23.5. The van der Waals surface area contributed by atoms with Crippen LogP contribution in [0.4, 0.5) is 0 Å². The highest BCUT2D eigenvalue weighted by molar-refractivity contribution is 5.99. The Bertz CT molecular complexity index is 614. The molecule has 0 saturated carbocycles. The van der Waals surface area contributed by atoms with Crippen molar-refractivity contribution < 1.29 is 19.1 Å². The number of hydrogen-bond acceptors (Lipinski definition) is 5. The Hall–Kier alpha value is -2.81. The molecule has 0 saturated heterocycles. The molecule has 0 spiro atoms. The summed E-state index contributed by atoms with van der Waals surface area (Å²) in [5, 5.41) is 11.7. The summed E-state index contributed by atoms with van der Waals surface area (Å²) in [6.45, 7) is 6.09. The summed E-state index contributed by atoms with van der Waals surface area (Å²) in [6.07, 6.45) is 0.446. The van der Waals surface area contributed by atoms with Crippen LogP contribution in [-0.2, 0) is 14.3 Å². The average Bonchev–Trinajstić information content (AvgIpc) is 2.54. The van der Waals surface area contributed by atoms with E-state index < -0.39 is 18.0 Å². The molecule has 6 nitrogen and oxygen atoms in total. The van der Waals surface area contributed by atoms with Crippen molar-refractivity contribution in [1.29, 1.82) is 5.26 Å². The number of ether oxygens (including phenoxy) is 2. The fourth-order valence-electron chi connectivity index (χ4n) is 1.73. The Labute approximate surface area is 135 Å². The molecule has 1 aromatic carbocycles. The van der Waals surface area contributed by atoms with E-state index in [4.69, 9.17) is 14.7 Å². The smallest absolute Gasteiger partial charge is 0.349 e. The van der Waals surface area contributed by atoms with E-state index >= 15 is 0 Å². The zero-order valence-electron chi connectivity index (χ0n) is 13.5. The number of rotatable bonds is 7. The van der Waals surface area contributed by atoms with Crippen LogP contribution in [0.25, 0.3) is 6.08 Å². The predicted octanol–water partition coefficient (Wildman–Crippen LogP) is 2.06. The summed E-state index contributed by atoms with van der Waals surface area (Å²) in [7, 11) is 0. The maximum Gasteiger partial charge on any atom is 0.349 e. The van der Waals surface area contributed by atoms with Crippen LogP contribution in [-0.4, -0.2) is 31.1 Å². The summed E-state index contributed by atoms with van der Waals surface area (Å²) in [5.74, 6) is -0.532. The van der Waals surface area contributed by atoms with Crippen LogP contribution in [0.15, 0.2) is 29.8 Å². The standard InChI is InChI=1S/C17H20N2O4/c1-4-19-16(20)12(3)23-17(21)14(11-18)10-13-6-8-15(9-7-13)22-5-2/h6-10,12H,4-5H2,1-3H3,(H,19,20)/b14-10+/t12-/m0/s1. The molecule has 1 aromatic rings. The van der Waals surface area contributed by atoms with Gasteiger partial charge in [0, 0.05) is 6.54 Å². The zero-order chi connectivity index (χ0) is 17.2. The number of hydrogen-bond donors (Lipinski definition) is 1. The second-order valence-corrected chi connectivity index (χ2v) is 4.61. The highest BCUT2D eigenvalue weighted by Gasteiger charge is 2.19. The molecule has 0 heterocycles. The molecule has 1 atom stereocenters. The van der Waals surface area contributed by atoms with Gasteiger partial charge in [-0.1, -0.05) is 12.1 Å². The van der Waals surface area contributed by atoms with Gasteiger partial charge in [-0.05, 0) is 44.5 Å². The van der Waals surface area contributed by atoms with Crippen molar-refractivity contribution in [2.75, 3.05) is 13.2 Å². The van der Waals surface area contributed by atoms with Gasteiger partial charge in [-0.3, -0.25) is 4.79 Å². The van der Waals surface area contributed by atoms with Gasteiger partial charge in [-0.25, -0.2) is 4.79 Å². The number of benzene rings is 1. The third-order valence-electron chi connectivity index (χ3n) is 2.85. The lowest BCUT2D eigenvalue weighted by molar-refractivity contribution is -0.150. The maximum atomic E-state index is 11.9. The Balaban J connectivity index is 2.80. The molecule has 0 aromatic heterocycles. The van der Waals surface area contributed by atoms with Gasteiger partial charge in [0.05, 0.1) is 6.61 Å². The van der Waals surface area contributed by atoms with Gasteiger partial charge in [-0.15, -0.1) is 0 Å². The maximum absolute atomic E-state index is 11.9. The third-order valence-corrected chi connectivity index (χ3v) is 2.85. The predicted molar refractivity (Wildman–Crippen MR) is 85.4 cm³/mol. The first-order valence-corrected chi connectivity index (χ1v) is 7.35. The minimum atomic E-state index is -0.959. The van der Waals surface area contributed by atoms with Crippen molar-refractivity contribution in [3.63, 3.8) is 0 Å². The van der Waals surface area contributed by atoms with Crippen LogP contribution in [0.5, 0.6) is 5.75 Å². The molecule has 0 radical (unpaired) electrons. The summed E-state index contributed by atoms with van der Waals surface area (Å²) >= 11 is 0. The van der Waals surface area contributed by atoms with Crippen molar-refractivity contribution in [2.24, 2.45) is 0 Å². The SMILES string of the molecule is CCNC(=O)[C@H](C)OC(=O)/C(C#N)=C/c1ccc(OCC)cc1. The van der Waals surface area contributed by atoms with E-state index in [2.05, 4.69) is 5.32 Å². The quantitative estimate of drug-likeness (QED) is 0.472. The van der Waals surface area contributed by atoms with Crippen molar-refractivity contribution in [1.82, 2.24) is 5.32 Å². The van der Waals surface area contributed by atoms with E-state index in [9.17, 15) is 9.59 Å². The molecule has 0 fully saturated rings. The molecule has 1 rings (SSSR count). The molecule has 23 heavy (non-hydrogen) atoms. The Morgan fingerprint density at radius 1 is 1.30 bits per heavy atom. The van der Waals surface area contributed by atoms with Gasteiger partial charge < -0.3 is 14.8 Å². The largest absolute Gasteiger partial charge is 0.494 e. The molecular formula is C17H20N2O4. The van der Waals surface area contributed by atoms with E-state index in [1.165, 1.54) is 13.0 Å². The van der Waals surface area contributed by atoms with Crippen molar-refractivity contribution >= 4 is 18.0 Å². The van der Waals surface area contributed by atoms with E-state index in [-0.39, 0.29) is 5.57 Å². The first-order valence-electron chi connectivity index (χ1n) is 7.35. The van der Waals surface area contributed by atoms with Crippen LogP contribution in [0.2, 0.25) is 0 Å². The second-order valence-electron chi connectivity index (χ2n) is 4.61. The topological polar surface area (TPSA) is 88.4 Å². The summed E-state index contributed by atoms with van der Waals surface area (Å²) < 4.78 is 10.3. The molecular weight excluding hydrogens is 296 g/mol. The lowest BCUT2D eigenvalue weighted by Gasteiger charge is -2.12. The first-order chi connectivity index (χ1) is 11.0. The van der Waals surface area contributed by atoms with E-state index in [1.54, 1.807) is 37.3 Å². The minimum absolute atomic E-state index is 0.176. The lowest BCUT2D eigenvalue weighted by Crippen LogP contribution is -2.35. The fraction of sp³-hybridized carbons (Fsp3) is 0.353. The number of carbonyl (C=O) groups excluding carboxylic acids is 2. The van der Waals surface area contributed by atoms with Crippen molar-refractivity contribution in [3.8, 4) is 11.8 Å². The number of amides is 1. The van der Waals surface area contributed by atoms with Crippen LogP contribution >= 0.6 is 0 Å². The normalized spacial score (nSPS) is 12.0. The molecule has 1 N–H and O–H groups in total. The summed E-state index contributed by atoms with van der Waals surface area (Å²) in [5.41, 5.74) is 0.484. The summed E-state index contributed by atoms with van der Waals surface area (Å²) in [6, 6.07) is 8.73. The van der Waals surface area contributed by atoms with E-state index in [0.29, 0.717) is 24.5 Å². The number of nitrogens with one attached hydrogen (secondary N) is 1. The van der Waals surface area contributed by atoms with E-state index in [0.717, 1.165) is 0 Å². The van der Waals surface area contributed by atoms with Gasteiger partial charge in [0.1, 0.15) is 17.4 Å². The molecule has 6 heteroatoms. The zero-order valence-corrected chi connectivity index (χ0v) is 13.5. The van der Waals surface area contributed by atoms with Crippen LogP contribution in [0.1, 0.15) is 26.3 Å². The number of carbonyl (C=O) groups is 2. The number of nitriles is 1. The lowest BCUT2D eigenvalue weighted by atomic mass is 10.1. The van der Waals surface area contributed by atoms with Crippen LogP contribution < -0.4 is 10.1 Å². The monoisotopic (exact) mass is 316 g/mol. The fourth-order valence-corrected chi connectivity index (χ4v) is 1.73. The van der Waals surface area contributed by atoms with Crippen LogP contribution in [0.3, 0.4) is 0 Å². The molecule has 0 bridgehead atoms. The number of esters is 1. The molecule has 0 unspecified atom stereocenters. The Morgan fingerprint density at radius 3 is 2.48 bits per heavy atom. The molecule has 0 aliphatic rings. The molecule has 0 aliphatic heterocycles. The number of likely N-dealkylation sites (N-methyl/N-ethyl adjacent to an activating group) is 1. The Morgan fingerprint density at radius 2 is 1.96 bits per heavy atom. The highest BCUT2D eigenvalue weighted by Crippen LogP contribution is 2.15. The number of nitrogens with zero attached hydrogens (tertiary/aromatic N) is 1. The van der Waals surface area contributed by atoms with Crippen LogP contribution in [0, 0.1) is 11.3 Å². The van der Waals surface area contributed by atoms with Gasteiger partial charge in [0.15, 0.2) is 6.10 Å². The Kier molecular flexibility index (Phi) is 7.34. The molecule has 0 aliphatic carbocycles. The van der Waals surface area contributed by atoms with Gasteiger partial charge in [0.2, 0.25) is 0 Å². The first kappa shape index (κ1) is 18.2.